The lowest BCUT2D eigenvalue weighted by Crippen LogP contribution is -2.70. The number of rotatable bonds is 5. The Labute approximate surface area is 196 Å². The van der Waals surface area contributed by atoms with Gasteiger partial charge in [-0.3, -0.25) is 14.5 Å². The van der Waals surface area contributed by atoms with Crippen LogP contribution in [0.5, 0.6) is 0 Å². The maximum Gasteiger partial charge on any atom is 0.410 e. The van der Waals surface area contributed by atoms with Gasteiger partial charge in [0.05, 0.1) is 11.0 Å². The monoisotopic (exact) mass is 474 g/mol. The second-order valence-electron chi connectivity index (χ2n) is 9.53. The van der Waals surface area contributed by atoms with Crippen LogP contribution in [0.2, 0.25) is 0 Å². The van der Waals surface area contributed by atoms with E-state index in [0.717, 1.165) is 17.8 Å². The molecule has 178 valence electrons. The van der Waals surface area contributed by atoms with Gasteiger partial charge in [0, 0.05) is 25.6 Å². The zero-order chi connectivity index (χ0) is 24.1. The Kier molecular flexibility index (Phi) is 6.12. The number of ether oxygens (including phenoxy) is 1. The Hall–Kier alpha value is -2.66. The molecule has 2 aromatic heterocycles. The van der Waals surface area contributed by atoms with Crippen LogP contribution in [0.25, 0.3) is 10.5 Å². The fourth-order valence-electron chi connectivity index (χ4n) is 4.50. The van der Waals surface area contributed by atoms with Gasteiger partial charge in [-0.25, -0.2) is 19.7 Å². The Morgan fingerprint density at radius 1 is 1.15 bits per heavy atom. The van der Waals surface area contributed by atoms with Crippen LogP contribution in [0.3, 0.4) is 0 Å². The summed E-state index contributed by atoms with van der Waals surface area (Å²) in [6, 6.07) is -1.21. The topological polar surface area (TPSA) is 132 Å². The van der Waals surface area contributed by atoms with Crippen molar-refractivity contribution in [2.75, 3.05) is 18.8 Å². The maximum atomic E-state index is 13.6. The van der Waals surface area contributed by atoms with Crippen molar-refractivity contribution < 1.29 is 19.1 Å². The SMILES string of the molecule is CCC(=O)C(C(=O)c1nc2nc(C)sc2nc1N)N1CCN(C(=O)OC(C)(C)C)[C@H]2CC[C@@H]21. The molecule has 1 unspecified atom stereocenters. The van der Waals surface area contributed by atoms with Crippen molar-refractivity contribution in [3.05, 3.63) is 10.7 Å². The molecule has 0 bridgehead atoms. The first-order chi connectivity index (χ1) is 15.5. The van der Waals surface area contributed by atoms with Crippen LogP contribution >= 0.6 is 11.3 Å². The molecule has 11 heteroatoms. The van der Waals surface area contributed by atoms with Gasteiger partial charge in [-0.05, 0) is 40.5 Å². The maximum absolute atomic E-state index is 13.6. The number of aryl methyl sites for hydroxylation is 1. The van der Waals surface area contributed by atoms with Crippen LogP contribution in [-0.4, -0.2) is 79.2 Å². The molecule has 4 rings (SSSR count). The average Bonchev–Trinajstić information content (AvgIpc) is 3.05. The largest absolute Gasteiger partial charge is 0.444 e. The zero-order valence-electron chi connectivity index (χ0n) is 19.6. The van der Waals surface area contributed by atoms with Gasteiger partial charge in [-0.2, -0.15) is 0 Å². The number of anilines is 1. The first-order valence-electron chi connectivity index (χ1n) is 11.2. The van der Waals surface area contributed by atoms with E-state index < -0.39 is 17.4 Å². The van der Waals surface area contributed by atoms with E-state index in [1.807, 2.05) is 32.6 Å². The minimum atomic E-state index is -1.02. The number of aromatic nitrogens is 3. The summed E-state index contributed by atoms with van der Waals surface area (Å²) in [6.45, 7) is 9.83. The quantitative estimate of drug-likeness (QED) is 0.513. The highest BCUT2D eigenvalue weighted by Crippen LogP contribution is 2.36. The number of thiazole rings is 1. The van der Waals surface area contributed by atoms with E-state index in [4.69, 9.17) is 10.5 Å². The molecule has 0 spiro atoms. The van der Waals surface area contributed by atoms with Crippen molar-refractivity contribution in [1.82, 2.24) is 24.8 Å². The number of nitrogen functional groups attached to an aromatic ring is 1. The van der Waals surface area contributed by atoms with Crippen molar-refractivity contribution in [3.8, 4) is 0 Å². The number of hydrogen-bond donors (Lipinski definition) is 1. The number of amides is 1. The fraction of sp³-hybridized carbons (Fsp3) is 0.636. The number of piperazine rings is 1. The molecule has 1 saturated heterocycles. The van der Waals surface area contributed by atoms with Gasteiger partial charge in [-0.15, -0.1) is 0 Å². The summed E-state index contributed by atoms with van der Waals surface area (Å²) in [5.41, 5.74) is 5.83. The lowest BCUT2D eigenvalue weighted by molar-refractivity contribution is -0.127. The molecule has 10 nitrogen and oxygen atoms in total. The second-order valence-corrected chi connectivity index (χ2v) is 10.7. The predicted octanol–water partition coefficient (Wildman–Crippen LogP) is 2.59. The van der Waals surface area contributed by atoms with Crippen molar-refractivity contribution in [1.29, 1.82) is 0 Å². The third-order valence-electron chi connectivity index (χ3n) is 6.10. The van der Waals surface area contributed by atoms with Crippen LogP contribution in [0.4, 0.5) is 10.6 Å². The molecule has 2 fully saturated rings. The Bertz CT molecular complexity index is 1110. The van der Waals surface area contributed by atoms with Crippen LogP contribution in [-0.2, 0) is 9.53 Å². The van der Waals surface area contributed by atoms with E-state index in [-0.39, 0.29) is 41.9 Å². The molecular weight excluding hydrogens is 444 g/mol. The smallest absolute Gasteiger partial charge is 0.410 e. The molecule has 0 radical (unpaired) electrons. The van der Waals surface area contributed by atoms with Crippen molar-refractivity contribution in [2.24, 2.45) is 0 Å². The summed E-state index contributed by atoms with van der Waals surface area (Å²) in [4.78, 5) is 56.5. The van der Waals surface area contributed by atoms with Crippen LogP contribution in [0.1, 0.15) is 62.5 Å². The molecule has 2 aromatic rings. The lowest BCUT2D eigenvalue weighted by Gasteiger charge is -2.55. The standard InChI is InChI=1S/C22H30N6O4S/c1-6-14(29)16(17(30)15-18(23)26-20-19(25-15)24-11(2)33-20)27-9-10-28(13-8-7-12(13)27)21(31)32-22(3,4)5/h12-13,16H,6-10H2,1-5H3,(H2,23,26)/t12-,13-,16?/m0/s1. The molecule has 1 saturated carbocycles. The summed E-state index contributed by atoms with van der Waals surface area (Å²) in [5, 5.41) is 0.769. The molecule has 3 heterocycles. The van der Waals surface area contributed by atoms with Crippen molar-refractivity contribution >= 4 is 45.3 Å². The number of Topliss-reactive ketones (excluding diaryl/α,β-unsaturated/α-hetero) is 2. The highest BCUT2D eigenvalue weighted by Gasteiger charge is 2.50. The Morgan fingerprint density at radius 3 is 2.45 bits per heavy atom. The third-order valence-corrected chi connectivity index (χ3v) is 6.96. The zero-order valence-corrected chi connectivity index (χ0v) is 20.4. The first-order valence-corrected chi connectivity index (χ1v) is 12.0. The van der Waals surface area contributed by atoms with Gasteiger partial charge in [-0.1, -0.05) is 18.3 Å². The Morgan fingerprint density at radius 2 is 1.85 bits per heavy atom. The fourth-order valence-corrected chi connectivity index (χ4v) is 5.24. The summed E-state index contributed by atoms with van der Waals surface area (Å²) in [7, 11) is 0. The second kappa shape index (κ2) is 8.60. The van der Waals surface area contributed by atoms with Gasteiger partial charge in [0.1, 0.15) is 11.6 Å². The molecule has 3 atom stereocenters. The number of ketones is 2. The van der Waals surface area contributed by atoms with Crippen LogP contribution in [0, 0.1) is 6.92 Å². The minimum Gasteiger partial charge on any atom is -0.444 e. The molecule has 1 aliphatic heterocycles. The van der Waals surface area contributed by atoms with Crippen LogP contribution < -0.4 is 5.73 Å². The molecule has 1 amide bonds. The average molecular weight is 475 g/mol. The van der Waals surface area contributed by atoms with E-state index in [2.05, 4.69) is 15.0 Å². The predicted molar refractivity (Wildman–Crippen MR) is 124 cm³/mol. The molecular formula is C22H30N6O4S. The number of hydrogen-bond acceptors (Lipinski definition) is 10. The molecule has 0 aromatic carbocycles. The Balaban J connectivity index is 1.61. The number of nitrogens with two attached hydrogens (primary N) is 1. The molecule has 2 N–H and O–H groups in total. The number of nitrogens with zero attached hydrogens (tertiary/aromatic N) is 5. The van der Waals surface area contributed by atoms with E-state index in [9.17, 15) is 14.4 Å². The van der Waals surface area contributed by atoms with E-state index in [0.29, 0.717) is 23.6 Å². The third kappa shape index (κ3) is 4.43. The van der Waals surface area contributed by atoms with Crippen molar-refractivity contribution in [2.45, 2.75) is 77.6 Å². The van der Waals surface area contributed by atoms with E-state index in [1.54, 1.807) is 11.8 Å². The minimum absolute atomic E-state index is 0.00241. The number of fused-ring (bicyclic) bond motifs is 2. The summed E-state index contributed by atoms with van der Waals surface area (Å²) in [6.07, 6.45) is 1.43. The van der Waals surface area contributed by atoms with Crippen LogP contribution in [0.15, 0.2) is 0 Å². The van der Waals surface area contributed by atoms with Gasteiger partial charge in [0.15, 0.2) is 27.8 Å². The van der Waals surface area contributed by atoms with Crippen molar-refractivity contribution in [3.63, 3.8) is 0 Å². The van der Waals surface area contributed by atoms with Gasteiger partial charge in [0.25, 0.3) is 0 Å². The highest BCUT2D eigenvalue weighted by molar-refractivity contribution is 7.18. The normalized spacial score (nSPS) is 21.9. The summed E-state index contributed by atoms with van der Waals surface area (Å²) in [5.74, 6) is -0.662. The van der Waals surface area contributed by atoms with E-state index >= 15 is 0 Å². The number of carbonyl (C=O) groups excluding carboxylic acids is 3. The summed E-state index contributed by atoms with van der Waals surface area (Å²) >= 11 is 1.35. The lowest BCUT2D eigenvalue weighted by atomic mass is 9.80. The first kappa shape index (κ1) is 23.5. The van der Waals surface area contributed by atoms with Gasteiger partial charge >= 0.3 is 6.09 Å². The molecule has 33 heavy (non-hydrogen) atoms. The van der Waals surface area contributed by atoms with E-state index in [1.165, 1.54) is 11.3 Å². The number of carbonyl (C=O) groups is 3. The summed E-state index contributed by atoms with van der Waals surface area (Å²) < 4.78 is 5.56. The van der Waals surface area contributed by atoms with Gasteiger partial charge in [0.2, 0.25) is 5.78 Å². The van der Waals surface area contributed by atoms with Gasteiger partial charge < -0.3 is 15.4 Å². The molecule has 1 aliphatic carbocycles. The highest BCUT2D eigenvalue weighted by atomic mass is 32.1. The molecule has 2 aliphatic rings.